The van der Waals surface area contributed by atoms with Crippen LogP contribution >= 0.6 is 34.0 Å². The predicted octanol–water partition coefficient (Wildman–Crippen LogP) is 9.01. The van der Waals surface area contributed by atoms with Gasteiger partial charge in [-0.3, -0.25) is 9.69 Å². The molecule has 168 valence electrons. The summed E-state index contributed by atoms with van der Waals surface area (Å²) in [5, 5.41) is 6.59. The summed E-state index contributed by atoms with van der Waals surface area (Å²) in [6.07, 6.45) is 4.47. The average Bonchev–Trinajstić information content (AvgIpc) is 3.66. The zero-order chi connectivity index (χ0) is 23.2. The highest BCUT2D eigenvalue weighted by Gasteiger charge is 2.16. The SMILES string of the molecule is O=Cc1ccccc1CO/C=C\c1ccc(N(c2cccs2)c2ccc(-c3cccs3)s2)cc1. The third-order valence-corrected chi connectivity index (χ3v) is 8.22. The van der Waals surface area contributed by atoms with Gasteiger partial charge in [0.15, 0.2) is 0 Å². The molecule has 6 heteroatoms. The van der Waals surface area contributed by atoms with Crippen molar-refractivity contribution < 1.29 is 9.53 Å². The fourth-order valence-electron chi connectivity index (χ4n) is 3.54. The zero-order valence-corrected chi connectivity index (χ0v) is 20.6. The minimum Gasteiger partial charge on any atom is -0.496 e. The van der Waals surface area contributed by atoms with Gasteiger partial charge in [0.2, 0.25) is 0 Å². The molecule has 3 heterocycles. The lowest BCUT2D eigenvalue weighted by Gasteiger charge is -2.21. The van der Waals surface area contributed by atoms with Gasteiger partial charge in [-0.25, -0.2) is 0 Å². The molecule has 0 aliphatic heterocycles. The van der Waals surface area contributed by atoms with E-state index >= 15 is 0 Å². The number of aldehydes is 1. The first-order chi connectivity index (χ1) is 16.8. The topological polar surface area (TPSA) is 29.5 Å². The van der Waals surface area contributed by atoms with Crippen LogP contribution in [-0.2, 0) is 11.3 Å². The molecular weight excluding hydrogens is 479 g/mol. The van der Waals surface area contributed by atoms with Crippen LogP contribution in [0.4, 0.5) is 15.7 Å². The molecule has 0 aliphatic rings. The highest BCUT2D eigenvalue weighted by molar-refractivity contribution is 7.24. The molecular formula is C28H21NO2S3. The van der Waals surface area contributed by atoms with E-state index in [4.69, 9.17) is 4.74 Å². The van der Waals surface area contributed by atoms with Crippen molar-refractivity contribution in [2.75, 3.05) is 4.90 Å². The summed E-state index contributed by atoms with van der Waals surface area (Å²) in [6.45, 7) is 0.362. The highest BCUT2D eigenvalue weighted by Crippen LogP contribution is 2.44. The van der Waals surface area contributed by atoms with Crippen LogP contribution in [0.5, 0.6) is 0 Å². The Morgan fingerprint density at radius 3 is 2.35 bits per heavy atom. The summed E-state index contributed by atoms with van der Waals surface area (Å²) in [7, 11) is 0. The lowest BCUT2D eigenvalue weighted by atomic mass is 10.1. The van der Waals surface area contributed by atoms with Crippen LogP contribution in [0.15, 0.2) is 102 Å². The molecule has 0 bridgehead atoms. The fourth-order valence-corrected chi connectivity index (χ4v) is 6.24. The smallest absolute Gasteiger partial charge is 0.150 e. The molecule has 0 radical (unpaired) electrons. The first-order valence-corrected chi connectivity index (χ1v) is 13.3. The lowest BCUT2D eigenvalue weighted by Crippen LogP contribution is -2.06. The molecule has 5 aromatic rings. The highest BCUT2D eigenvalue weighted by atomic mass is 32.1. The van der Waals surface area contributed by atoms with E-state index in [0.717, 1.165) is 23.1 Å². The summed E-state index contributed by atoms with van der Waals surface area (Å²) in [5.74, 6) is 0. The van der Waals surface area contributed by atoms with Crippen molar-refractivity contribution in [2.45, 2.75) is 6.61 Å². The van der Waals surface area contributed by atoms with E-state index in [1.807, 2.05) is 24.3 Å². The Balaban J connectivity index is 1.32. The van der Waals surface area contributed by atoms with Crippen molar-refractivity contribution >= 4 is 62.1 Å². The first-order valence-electron chi connectivity index (χ1n) is 10.7. The molecule has 0 saturated carbocycles. The summed E-state index contributed by atoms with van der Waals surface area (Å²) >= 11 is 5.29. The maximum Gasteiger partial charge on any atom is 0.150 e. The number of carbonyl (C=O) groups is 1. The zero-order valence-electron chi connectivity index (χ0n) is 18.2. The molecule has 0 N–H and O–H groups in total. The number of nitrogens with zero attached hydrogens (tertiary/aromatic N) is 1. The van der Waals surface area contributed by atoms with E-state index in [1.165, 1.54) is 19.8 Å². The molecule has 0 atom stereocenters. The van der Waals surface area contributed by atoms with Crippen LogP contribution < -0.4 is 4.90 Å². The van der Waals surface area contributed by atoms with Gasteiger partial charge in [0.25, 0.3) is 0 Å². The third-order valence-electron chi connectivity index (χ3n) is 5.23. The van der Waals surface area contributed by atoms with E-state index in [1.54, 1.807) is 46.3 Å². The maximum atomic E-state index is 11.1. The van der Waals surface area contributed by atoms with Crippen LogP contribution in [0.2, 0.25) is 0 Å². The maximum absolute atomic E-state index is 11.1. The van der Waals surface area contributed by atoms with Gasteiger partial charge in [0.05, 0.1) is 6.26 Å². The molecule has 3 aromatic heterocycles. The standard InChI is InChI=1S/C28H21NO2S3/c30-19-22-5-1-2-6-23(22)20-31-16-15-21-9-11-24(12-10-21)29(27-8-4-18-33-27)28-14-13-26(34-28)25-7-3-17-32-25/h1-19H,20H2/b16-15-. The molecule has 0 saturated heterocycles. The van der Waals surface area contributed by atoms with Crippen LogP contribution in [0.3, 0.4) is 0 Å². The molecule has 0 amide bonds. The second kappa shape index (κ2) is 10.7. The van der Waals surface area contributed by atoms with Crippen LogP contribution in [0.1, 0.15) is 21.5 Å². The number of rotatable bonds is 9. The van der Waals surface area contributed by atoms with Gasteiger partial charge < -0.3 is 4.74 Å². The Hall–Kier alpha value is -3.45. The van der Waals surface area contributed by atoms with Crippen molar-refractivity contribution in [2.24, 2.45) is 0 Å². The van der Waals surface area contributed by atoms with Gasteiger partial charge in [-0.1, -0.05) is 42.5 Å². The summed E-state index contributed by atoms with van der Waals surface area (Å²) in [6, 6.07) is 28.8. The Kier molecular flexibility index (Phi) is 7.00. The minimum absolute atomic E-state index is 0.362. The number of hydrogen-bond acceptors (Lipinski definition) is 6. The lowest BCUT2D eigenvalue weighted by molar-refractivity contribution is 0.112. The van der Waals surface area contributed by atoms with Gasteiger partial charge in [0, 0.05) is 21.0 Å². The van der Waals surface area contributed by atoms with Crippen LogP contribution in [0, 0.1) is 0 Å². The molecule has 3 nitrogen and oxygen atoms in total. The Bertz CT molecular complexity index is 1370. The van der Waals surface area contributed by atoms with Crippen molar-refractivity contribution in [3.05, 3.63) is 119 Å². The van der Waals surface area contributed by atoms with Crippen molar-refractivity contribution in [1.82, 2.24) is 0 Å². The van der Waals surface area contributed by atoms with E-state index in [0.29, 0.717) is 12.2 Å². The average molecular weight is 500 g/mol. The number of carbonyl (C=O) groups excluding carboxylic acids is 1. The fraction of sp³-hybridized carbons (Fsp3) is 0.0357. The quantitative estimate of drug-likeness (QED) is 0.150. The molecule has 34 heavy (non-hydrogen) atoms. The second-order valence-corrected chi connectivity index (χ2v) is 10.4. The largest absolute Gasteiger partial charge is 0.496 e. The Morgan fingerprint density at radius 1 is 0.765 bits per heavy atom. The molecule has 5 rings (SSSR count). The first kappa shape index (κ1) is 22.3. The number of anilines is 3. The van der Waals surface area contributed by atoms with Gasteiger partial charge >= 0.3 is 0 Å². The van der Waals surface area contributed by atoms with E-state index in [9.17, 15) is 4.79 Å². The summed E-state index contributed by atoms with van der Waals surface area (Å²) in [5.41, 5.74) is 3.69. The number of thiophene rings is 3. The minimum atomic E-state index is 0.362. The van der Waals surface area contributed by atoms with Crippen molar-refractivity contribution in [1.29, 1.82) is 0 Å². The van der Waals surface area contributed by atoms with E-state index in [2.05, 4.69) is 76.3 Å². The molecule has 0 fully saturated rings. The Morgan fingerprint density at radius 2 is 1.59 bits per heavy atom. The van der Waals surface area contributed by atoms with Gasteiger partial charge in [-0.05, 0) is 70.4 Å². The number of hydrogen-bond donors (Lipinski definition) is 0. The number of benzene rings is 2. The predicted molar refractivity (Wildman–Crippen MR) is 146 cm³/mol. The van der Waals surface area contributed by atoms with Crippen molar-refractivity contribution in [3.63, 3.8) is 0 Å². The molecule has 0 unspecified atom stereocenters. The van der Waals surface area contributed by atoms with Crippen LogP contribution in [-0.4, -0.2) is 6.29 Å². The Labute approximate surface area is 210 Å². The summed E-state index contributed by atoms with van der Waals surface area (Å²) < 4.78 is 5.66. The van der Waals surface area contributed by atoms with Gasteiger partial charge in [0.1, 0.15) is 22.9 Å². The third kappa shape index (κ3) is 5.04. The van der Waals surface area contributed by atoms with Gasteiger partial charge in [-0.2, -0.15) is 0 Å². The molecule has 0 aliphatic carbocycles. The number of ether oxygens (including phenoxy) is 1. The van der Waals surface area contributed by atoms with E-state index in [-0.39, 0.29) is 0 Å². The monoisotopic (exact) mass is 499 g/mol. The van der Waals surface area contributed by atoms with Gasteiger partial charge in [-0.15, -0.1) is 34.0 Å². The van der Waals surface area contributed by atoms with Crippen LogP contribution in [0.25, 0.3) is 15.8 Å². The second-order valence-electron chi connectivity index (χ2n) is 7.42. The molecule has 2 aromatic carbocycles. The normalized spacial score (nSPS) is 11.1. The van der Waals surface area contributed by atoms with Crippen molar-refractivity contribution in [3.8, 4) is 9.75 Å². The van der Waals surface area contributed by atoms with E-state index < -0.39 is 0 Å². The summed E-state index contributed by atoms with van der Waals surface area (Å²) in [4.78, 5) is 16.0. The molecule has 0 spiro atoms.